The third kappa shape index (κ3) is 8.32. The van der Waals surface area contributed by atoms with Crippen molar-refractivity contribution in [3.8, 4) is 11.1 Å². The maximum Gasteiger partial charge on any atom is 0.00275 e. The highest BCUT2D eigenvalue weighted by Gasteiger charge is 2.39. The van der Waals surface area contributed by atoms with Gasteiger partial charge in [-0.25, -0.2) is 0 Å². The molecule has 0 bridgehead atoms. The summed E-state index contributed by atoms with van der Waals surface area (Å²) < 4.78 is 0. The summed E-state index contributed by atoms with van der Waals surface area (Å²) in [6.45, 7) is 28.7. The zero-order valence-corrected chi connectivity index (χ0v) is 33.6. The van der Waals surface area contributed by atoms with Gasteiger partial charge in [0.25, 0.3) is 0 Å². The molecule has 2 fully saturated rings. The first-order chi connectivity index (χ1) is 24.2. The summed E-state index contributed by atoms with van der Waals surface area (Å²) in [5.41, 5.74) is 20.7. The molecule has 1 unspecified atom stereocenters. The van der Waals surface area contributed by atoms with Crippen LogP contribution in [0, 0.1) is 42.9 Å². The molecule has 1 atom stereocenters. The Labute approximate surface area is 312 Å². The van der Waals surface area contributed by atoms with Crippen LogP contribution in [0.3, 0.4) is 0 Å². The predicted molar refractivity (Wildman–Crippen MR) is 225 cm³/mol. The molecule has 4 aliphatic rings. The van der Waals surface area contributed by atoms with Gasteiger partial charge in [-0.15, -0.1) is 0 Å². The summed E-state index contributed by atoms with van der Waals surface area (Å²) in [6.07, 6.45) is 17.8. The SMILES string of the molecule is C=C(C)Cc1c(C)cc2c(c1-c1ccc(C)cc1)CC(c1ccc3c(c1)C(C1CCC(C4CC(C(=C)CC)C4)CC1)=CC3CC)=C2.CC(C)(C)C. The van der Waals surface area contributed by atoms with Gasteiger partial charge in [0.1, 0.15) is 0 Å². The van der Waals surface area contributed by atoms with Crippen LogP contribution in [0.15, 0.2) is 78.9 Å². The Morgan fingerprint density at radius 2 is 1.47 bits per heavy atom. The highest BCUT2D eigenvalue weighted by molar-refractivity contribution is 5.94. The highest BCUT2D eigenvalue weighted by atomic mass is 14.4. The largest absolute Gasteiger partial charge is 0.0998 e. The number of rotatable bonds is 9. The van der Waals surface area contributed by atoms with Crippen LogP contribution < -0.4 is 0 Å². The summed E-state index contributed by atoms with van der Waals surface area (Å²) in [6, 6.07) is 19.1. The fraction of sp³-hybridized carbons (Fsp3) is 0.490. The second-order valence-electron chi connectivity index (χ2n) is 18.5. The fourth-order valence-electron chi connectivity index (χ4n) is 9.45. The van der Waals surface area contributed by atoms with Gasteiger partial charge in [-0.2, -0.15) is 0 Å². The maximum absolute atomic E-state index is 4.35. The van der Waals surface area contributed by atoms with Gasteiger partial charge in [0.15, 0.2) is 0 Å². The number of hydrogen-bond acceptors (Lipinski definition) is 0. The van der Waals surface area contributed by atoms with Crippen molar-refractivity contribution in [1.29, 1.82) is 0 Å². The monoisotopic (exact) mass is 679 g/mol. The van der Waals surface area contributed by atoms with Crippen molar-refractivity contribution < 1.29 is 0 Å². The van der Waals surface area contributed by atoms with E-state index in [1.165, 1.54) is 106 Å². The number of benzene rings is 3. The van der Waals surface area contributed by atoms with Crippen molar-refractivity contribution in [2.75, 3.05) is 0 Å². The third-order valence-corrected chi connectivity index (χ3v) is 12.4. The molecule has 2 saturated carbocycles. The van der Waals surface area contributed by atoms with Crippen molar-refractivity contribution in [2.45, 2.75) is 132 Å². The van der Waals surface area contributed by atoms with Crippen molar-refractivity contribution in [3.05, 3.63) is 123 Å². The van der Waals surface area contributed by atoms with E-state index in [4.69, 9.17) is 0 Å². The molecule has 0 amide bonds. The van der Waals surface area contributed by atoms with E-state index < -0.39 is 0 Å². The smallest absolute Gasteiger partial charge is 0.00275 e. The van der Waals surface area contributed by atoms with Crippen LogP contribution in [0.2, 0.25) is 0 Å². The molecule has 0 saturated heterocycles. The molecule has 3 aromatic rings. The molecule has 0 radical (unpaired) electrons. The molecule has 0 aliphatic heterocycles. The van der Waals surface area contributed by atoms with Gasteiger partial charge in [-0.05, 0) is 181 Å². The fourth-order valence-corrected chi connectivity index (χ4v) is 9.45. The zero-order valence-electron chi connectivity index (χ0n) is 33.6. The van der Waals surface area contributed by atoms with Gasteiger partial charge in [0.2, 0.25) is 0 Å². The standard InChI is InChI=1S/C46H54.C5H12/c1-8-30(6)37-22-38(23-37)33-14-16-34(17-15-33)43-25-32(9-2)41-19-18-36(26-45(41)43)39-24-40-21-31(7)42(20-28(3)4)46(44(40)27-39)35-12-10-29(5)11-13-35;1-5(2,3)4/h10-13,18-19,21,24-26,32-34,37-38H,3,6,8-9,14-17,20,22-23,27H2,1-2,4-5,7H3;1-4H3. The van der Waals surface area contributed by atoms with E-state index in [0.717, 1.165) is 42.9 Å². The Kier molecular flexibility index (Phi) is 11.2. The third-order valence-electron chi connectivity index (χ3n) is 12.4. The van der Waals surface area contributed by atoms with Crippen LogP contribution in [-0.2, 0) is 12.8 Å². The summed E-state index contributed by atoms with van der Waals surface area (Å²) in [5, 5.41) is 0. The average Bonchev–Trinajstić information content (AvgIpc) is 3.65. The first-order valence-corrected chi connectivity index (χ1v) is 20.3. The van der Waals surface area contributed by atoms with Crippen LogP contribution in [-0.4, -0.2) is 0 Å². The normalized spacial score (nSPS) is 23.7. The summed E-state index contributed by atoms with van der Waals surface area (Å²) in [5.74, 6) is 3.99. The molecule has 0 N–H and O–H groups in total. The molecule has 0 nitrogen and oxygen atoms in total. The minimum atomic E-state index is 0.500. The topological polar surface area (TPSA) is 0 Å². The lowest BCUT2D eigenvalue weighted by Crippen LogP contribution is -2.33. The van der Waals surface area contributed by atoms with Crippen LogP contribution in [0.1, 0.15) is 150 Å². The van der Waals surface area contributed by atoms with Crippen LogP contribution in [0.25, 0.3) is 28.3 Å². The van der Waals surface area contributed by atoms with Gasteiger partial charge in [0.05, 0.1) is 0 Å². The van der Waals surface area contributed by atoms with E-state index in [9.17, 15) is 0 Å². The van der Waals surface area contributed by atoms with Gasteiger partial charge >= 0.3 is 0 Å². The Bertz CT molecular complexity index is 1810. The minimum Gasteiger partial charge on any atom is -0.0998 e. The van der Waals surface area contributed by atoms with Gasteiger partial charge < -0.3 is 0 Å². The second-order valence-corrected chi connectivity index (χ2v) is 18.5. The van der Waals surface area contributed by atoms with E-state index in [-0.39, 0.29) is 0 Å². The second kappa shape index (κ2) is 15.3. The van der Waals surface area contributed by atoms with Gasteiger partial charge in [-0.3, -0.25) is 0 Å². The Hall–Kier alpha value is -3.38. The molecule has 4 aliphatic carbocycles. The average molecular weight is 679 g/mol. The molecular formula is C51H66. The van der Waals surface area contributed by atoms with Crippen molar-refractivity contribution in [2.24, 2.45) is 29.1 Å². The van der Waals surface area contributed by atoms with E-state index in [2.05, 4.69) is 136 Å². The quantitative estimate of drug-likeness (QED) is 0.198. The Balaban J connectivity index is 0.000000839. The van der Waals surface area contributed by atoms with E-state index >= 15 is 0 Å². The number of allylic oxidation sites excluding steroid dienone is 5. The van der Waals surface area contributed by atoms with Crippen molar-refractivity contribution >= 4 is 17.2 Å². The van der Waals surface area contributed by atoms with E-state index in [0.29, 0.717) is 11.3 Å². The van der Waals surface area contributed by atoms with Crippen molar-refractivity contribution in [1.82, 2.24) is 0 Å². The van der Waals surface area contributed by atoms with Crippen LogP contribution in [0.4, 0.5) is 0 Å². The maximum atomic E-state index is 4.35. The van der Waals surface area contributed by atoms with Gasteiger partial charge in [0, 0.05) is 5.92 Å². The molecule has 0 heteroatoms. The highest BCUT2D eigenvalue weighted by Crippen LogP contribution is 2.52. The van der Waals surface area contributed by atoms with Crippen LogP contribution >= 0.6 is 0 Å². The summed E-state index contributed by atoms with van der Waals surface area (Å²) >= 11 is 0. The van der Waals surface area contributed by atoms with E-state index in [1.807, 2.05) is 0 Å². The molecule has 0 heterocycles. The van der Waals surface area contributed by atoms with Crippen molar-refractivity contribution in [3.63, 3.8) is 0 Å². The lowest BCUT2D eigenvalue weighted by molar-refractivity contribution is 0.108. The van der Waals surface area contributed by atoms with E-state index in [1.54, 1.807) is 16.7 Å². The molecule has 7 rings (SSSR count). The Morgan fingerprint density at radius 1 is 0.824 bits per heavy atom. The summed E-state index contributed by atoms with van der Waals surface area (Å²) in [7, 11) is 0. The van der Waals surface area contributed by atoms with Crippen LogP contribution in [0.5, 0.6) is 0 Å². The molecule has 0 spiro atoms. The lowest BCUT2D eigenvalue weighted by Gasteiger charge is -2.44. The molecular weight excluding hydrogens is 613 g/mol. The van der Waals surface area contributed by atoms with Gasteiger partial charge in [-0.1, -0.05) is 126 Å². The number of fused-ring (bicyclic) bond motifs is 2. The minimum absolute atomic E-state index is 0.500. The first-order valence-electron chi connectivity index (χ1n) is 20.3. The number of hydrogen-bond donors (Lipinski definition) is 0. The zero-order chi connectivity index (χ0) is 36.6. The predicted octanol–water partition coefficient (Wildman–Crippen LogP) is 14.9. The number of aryl methyl sites for hydroxylation is 2. The Morgan fingerprint density at radius 3 is 2.08 bits per heavy atom. The first kappa shape index (κ1) is 37.4. The molecule has 51 heavy (non-hydrogen) atoms. The lowest BCUT2D eigenvalue weighted by atomic mass is 9.61. The summed E-state index contributed by atoms with van der Waals surface area (Å²) in [4.78, 5) is 0. The molecule has 270 valence electrons. The molecule has 3 aromatic carbocycles. The molecule has 0 aromatic heterocycles.